The molecule has 29 heavy (non-hydrogen) atoms. The minimum Gasteiger partial charge on any atom is -0.497 e. The lowest BCUT2D eigenvalue weighted by Gasteiger charge is -2.34. The molecule has 0 bridgehead atoms. The molecular formula is C22H27N4O3+. The Morgan fingerprint density at radius 3 is 2.48 bits per heavy atom. The average Bonchev–Trinajstić information content (AvgIpc) is 2.99. The predicted octanol–water partition coefficient (Wildman–Crippen LogP) is 0.825. The zero-order valence-electron chi connectivity index (χ0n) is 16.9. The monoisotopic (exact) mass is 395 g/mol. The number of methoxy groups -OCH3 is 1. The molecule has 0 spiro atoms. The summed E-state index contributed by atoms with van der Waals surface area (Å²) in [5.41, 5.74) is 0.866. The van der Waals surface area contributed by atoms with Crippen LogP contribution in [0.25, 0.3) is 0 Å². The Kier molecular flexibility index (Phi) is 5.15. The van der Waals surface area contributed by atoms with Crippen LogP contribution in [0.2, 0.25) is 0 Å². The Hall–Kier alpha value is -3.06. The number of para-hydroxylation sites is 1. The van der Waals surface area contributed by atoms with Crippen molar-refractivity contribution >= 4 is 17.6 Å². The minimum absolute atomic E-state index is 0.214. The number of anilines is 1. The van der Waals surface area contributed by atoms with E-state index in [0.717, 1.165) is 31.7 Å². The van der Waals surface area contributed by atoms with Crippen molar-refractivity contribution in [2.45, 2.75) is 12.5 Å². The lowest BCUT2D eigenvalue weighted by atomic mass is 9.92. The Labute approximate surface area is 170 Å². The molecule has 2 aliphatic heterocycles. The van der Waals surface area contributed by atoms with Crippen molar-refractivity contribution in [1.29, 1.82) is 0 Å². The van der Waals surface area contributed by atoms with E-state index in [4.69, 9.17) is 4.74 Å². The first-order valence-corrected chi connectivity index (χ1v) is 9.93. The third kappa shape index (κ3) is 3.65. The van der Waals surface area contributed by atoms with Gasteiger partial charge < -0.3 is 19.9 Å². The standard InChI is InChI=1S/C22H26N4O3/c1-22(17-7-6-10-19(15-17)29-2)20(27)26(21(28)23-22)16-24-11-13-25(14-12-24)18-8-4-3-5-9-18/h3-10,15H,11-14,16H2,1-2H3,(H,23,28)/p+1/t22-/m0/s1. The van der Waals surface area contributed by atoms with Gasteiger partial charge in [0.25, 0.3) is 5.91 Å². The number of imide groups is 1. The second kappa shape index (κ2) is 7.75. The van der Waals surface area contributed by atoms with Gasteiger partial charge in [0.05, 0.1) is 33.3 Å². The van der Waals surface area contributed by atoms with Gasteiger partial charge in [0.2, 0.25) is 0 Å². The molecule has 2 aromatic rings. The number of urea groups is 1. The van der Waals surface area contributed by atoms with Crippen LogP contribution >= 0.6 is 0 Å². The number of hydrogen-bond donors (Lipinski definition) is 2. The first kappa shape index (κ1) is 19.3. The molecule has 2 aromatic carbocycles. The molecule has 2 fully saturated rings. The molecule has 2 N–H and O–H groups in total. The van der Waals surface area contributed by atoms with Gasteiger partial charge >= 0.3 is 6.03 Å². The Balaban J connectivity index is 1.42. The predicted molar refractivity (Wildman–Crippen MR) is 110 cm³/mol. The van der Waals surface area contributed by atoms with E-state index in [1.165, 1.54) is 15.5 Å². The Morgan fingerprint density at radius 1 is 1.07 bits per heavy atom. The van der Waals surface area contributed by atoms with Crippen LogP contribution in [-0.2, 0) is 10.3 Å². The number of nitrogens with zero attached hydrogens (tertiary/aromatic N) is 2. The van der Waals surface area contributed by atoms with E-state index >= 15 is 0 Å². The van der Waals surface area contributed by atoms with Gasteiger partial charge in [-0.05, 0) is 36.8 Å². The fourth-order valence-corrected chi connectivity index (χ4v) is 4.07. The van der Waals surface area contributed by atoms with Crippen LogP contribution in [0.4, 0.5) is 10.5 Å². The number of hydrogen-bond acceptors (Lipinski definition) is 4. The van der Waals surface area contributed by atoms with Crippen molar-refractivity contribution in [2.24, 2.45) is 0 Å². The van der Waals surface area contributed by atoms with Gasteiger partial charge in [-0.3, -0.25) is 4.79 Å². The number of amides is 3. The highest BCUT2D eigenvalue weighted by molar-refractivity contribution is 6.07. The van der Waals surface area contributed by atoms with Crippen molar-refractivity contribution < 1.29 is 19.2 Å². The first-order valence-electron chi connectivity index (χ1n) is 9.93. The van der Waals surface area contributed by atoms with Gasteiger partial charge in [-0.25, -0.2) is 9.69 Å². The molecule has 7 nitrogen and oxygen atoms in total. The third-order valence-electron chi connectivity index (χ3n) is 5.90. The minimum atomic E-state index is -1.07. The summed E-state index contributed by atoms with van der Waals surface area (Å²) in [6, 6.07) is 17.3. The van der Waals surface area contributed by atoms with E-state index < -0.39 is 5.54 Å². The smallest absolute Gasteiger partial charge is 0.329 e. The summed E-state index contributed by atoms with van der Waals surface area (Å²) < 4.78 is 5.27. The van der Waals surface area contributed by atoms with Crippen molar-refractivity contribution in [3.8, 4) is 5.75 Å². The van der Waals surface area contributed by atoms with E-state index in [9.17, 15) is 9.59 Å². The number of benzene rings is 2. The first-order chi connectivity index (χ1) is 14.0. The molecule has 0 aromatic heterocycles. The molecule has 1 atom stereocenters. The van der Waals surface area contributed by atoms with E-state index in [1.54, 1.807) is 20.1 Å². The molecule has 0 radical (unpaired) electrons. The molecule has 0 aliphatic carbocycles. The van der Waals surface area contributed by atoms with Crippen LogP contribution < -0.4 is 19.9 Å². The fourth-order valence-electron chi connectivity index (χ4n) is 4.07. The van der Waals surface area contributed by atoms with Crippen LogP contribution in [0, 0.1) is 0 Å². The maximum absolute atomic E-state index is 13.2. The maximum atomic E-state index is 13.2. The summed E-state index contributed by atoms with van der Waals surface area (Å²) in [4.78, 5) is 30.7. The lowest BCUT2D eigenvalue weighted by Crippen LogP contribution is -3.16. The maximum Gasteiger partial charge on any atom is 0.329 e. The zero-order chi connectivity index (χ0) is 20.4. The van der Waals surface area contributed by atoms with Crippen molar-refractivity contribution in [1.82, 2.24) is 10.2 Å². The molecule has 152 valence electrons. The van der Waals surface area contributed by atoms with E-state index in [1.807, 2.05) is 36.4 Å². The molecule has 2 saturated heterocycles. The van der Waals surface area contributed by atoms with Gasteiger partial charge in [0, 0.05) is 5.69 Å². The van der Waals surface area contributed by atoms with E-state index in [0.29, 0.717) is 12.4 Å². The van der Waals surface area contributed by atoms with Crippen LogP contribution in [0.5, 0.6) is 5.75 Å². The number of quaternary nitrogens is 1. The number of rotatable bonds is 5. The van der Waals surface area contributed by atoms with Crippen LogP contribution in [-0.4, -0.2) is 56.8 Å². The van der Waals surface area contributed by atoms with Crippen LogP contribution in [0.3, 0.4) is 0 Å². The molecule has 3 amide bonds. The van der Waals surface area contributed by atoms with Crippen LogP contribution in [0.15, 0.2) is 54.6 Å². The summed E-state index contributed by atoms with van der Waals surface area (Å²) in [5, 5.41) is 2.88. The Morgan fingerprint density at radius 2 is 1.79 bits per heavy atom. The fraction of sp³-hybridized carbons (Fsp3) is 0.364. The highest BCUT2D eigenvalue weighted by Gasteiger charge is 2.50. The second-order valence-corrected chi connectivity index (χ2v) is 7.75. The summed E-state index contributed by atoms with van der Waals surface area (Å²) >= 11 is 0. The molecule has 7 heteroatoms. The largest absolute Gasteiger partial charge is 0.497 e. The summed E-state index contributed by atoms with van der Waals surface area (Å²) in [5.74, 6) is 0.445. The number of piperazine rings is 1. The van der Waals surface area contributed by atoms with Gasteiger partial charge in [0.15, 0.2) is 6.67 Å². The summed E-state index contributed by atoms with van der Waals surface area (Å²) in [6.45, 7) is 5.69. The number of ether oxygens (including phenoxy) is 1. The van der Waals surface area contributed by atoms with Gasteiger partial charge in [-0.2, -0.15) is 0 Å². The highest BCUT2D eigenvalue weighted by atomic mass is 16.5. The molecule has 2 aliphatic rings. The van der Waals surface area contributed by atoms with Crippen molar-refractivity contribution in [3.63, 3.8) is 0 Å². The summed E-state index contributed by atoms with van der Waals surface area (Å²) in [7, 11) is 1.58. The lowest BCUT2D eigenvalue weighted by molar-refractivity contribution is -0.907. The average molecular weight is 395 g/mol. The Bertz CT molecular complexity index is 896. The van der Waals surface area contributed by atoms with Crippen molar-refractivity contribution in [3.05, 3.63) is 60.2 Å². The third-order valence-corrected chi connectivity index (χ3v) is 5.90. The molecule has 0 unspecified atom stereocenters. The van der Waals surface area contributed by atoms with Gasteiger partial charge in [-0.1, -0.05) is 30.3 Å². The molecule has 0 saturated carbocycles. The topological polar surface area (TPSA) is 66.3 Å². The van der Waals surface area contributed by atoms with Crippen LogP contribution in [0.1, 0.15) is 12.5 Å². The number of carbonyl (C=O) groups excluding carboxylic acids is 2. The highest BCUT2D eigenvalue weighted by Crippen LogP contribution is 2.30. The second-order valence-electron chi connectivity index (χ2n) is 7.75. The van der Waals surface area contributed by atoms with Crippen molar-refractivity contribution in [2.75, 3.05) is 44.9 Å². The molecule has 4 rings (SSSR count). The van der Waals surface area contributed by atoms with Gasteiger partial charge in [-0.15, -0.1) is 0 Å². The van der Waals surface area contributed by atoms with E-state index in [-0.39, 0.29) is 11.9 Å². The quantitative estimate of drug-likeness (QED) is 0.736. The molecule has 2 heterocycles. The molecular weight excluding hydrogens is 368 g/mol. The zero-order valence-corrected chi connectivity index (χ0v) is 16.9. The van der Waals surface area contributed by atoms with Gasteiger partial charge in [0.1, 0.15) is 11.3 Å². The summed E-state index contributed by atoms with van der Waals surface area (Å²) in [6.07, 6.45) is 0. The number of carbonyl (C=O) groups is 2. The normalized spacial score (nSPS) is 22.7. The SMILES string of the molecule is COc1cccc([C@]2(C)NC(=O)N(C[NH+]3CCN(c4ccccc4)CC3)C2=O)c1. The van der Waals surface area contributed by atoms with E-state index in [2.05, 4.69) is 22.3 Å². The number of nitrogens with one attached hydrogen (secondary N) is 2.